The first-order chi connectivity index (χ1) is 5.92. The number of hydrogen-bond donors (Lipinski definition) is 1. The van der Waals surface area contributed by atoms with Gasteiger partial charge in [-0.2, -0.15) is 0 Å². The Bertz CT molecular complexity index is 184. The van der Waals surface area contributed by atoms with Crippen LogP contribution in [-0.2, 0) is 4.74 Å². The summed E-state index contributed by atoms with van der Waals surface area (Å²) < 4.78 is 5.34. The summed E-state index contributed by atoms with van der Waals surface area (Å²) in [5.74, 6) is 0.892. The van der Waals surface area contributed by atoms with Crippen LogP contribution in [0.4, 0.5) is 0 Å². The molecule has 0 bridgehead atoms. The summed E-state index contributed by atoms with van der Waals surface area (Å²) in [6, 6.07) is 0.602. The van der Waals surface area contributed by atoms with Crippen molar-refractivity contribution in [1.29, 1.82) is 0 Å². The van der Waals surface area contributed by atoms with Gasteiger partial charge in [0.15, 0.2) is 0 Å². The van der Waals surface area contributed by atoms with Crippen molar-refractivity contribution in [2.75, 3.05) is 13.7 Å². The van der Waals surface area contributed by atoms with E-state index in [1.54, 1.807) is 0 Å². The first kappa shape index (κ1) is 8.11. The number of hydrogen-bond acceptors (Lipinski definition) is 2. The van der Waals surface area contributed by atoms with Crippen molar-refractivity contribution in [2.24, 2.45) is 5.92 Å². The lowest BCUT2D eigenvalue weighted by Crippen LogP contribution is -2.30. The van der Waals surface area contributed by atoms with Gasteiger partial charge in [0.1, 0.15) is 0 Å². The highest BCUT2D eigenvalue weighted by atomic mass is 16.5. The van der Waals surface area contributed by atoms with E-state index < -0.39 is 0 Å². The molecule has 1 fully saturated rings. The van der Waals surface area contributed by atoms with Crippen LogP contribution in [0.1, 0.15) is 25.7 Å². The molecule has 2 nitrogen and oxygen atoms in total. The minimum absolute atomic E-state index is 0.602. The molecule has 0 amide bonds. The Labute approximate surface area is 74.0 Å². The maximum atomic E-state index is 5.34. The lowest BCUT2D eigenvalue weighted by Gasteiger charge is -2.22. The molecule has 1 atom stereocenters. The number of rotatable bonds is 3. The molecule has 0 saturated heterocycles. The maximum absolute atomic E-state index is 5.34. The predicted molar refractivity (Wildman–Crippen MR) is 48.8 cm³/mol. The summed E-state index contributed by atoms with van der Waals surface area (Å²) in [5, 5.41) is 3.39. The second-order valence-corrected chi connectivity index (χ2v) is 3.77. The lowest BCUT2D eigenvalue weighted by atomic mass is 9.98. The van der Waals surface area contributed by atoms with E-state index in [9.17, 15) is 0 Å². The molecule has 12 heavy (non-hydrogen) atoms. The van der Waals surface area contributed by atoms with Gasteiger partial charge in [0.2, 0.25) is 0 Å². The van der Waals surface area contributed by atoms with E-state index in [-0.39, 0.29) is 0 Å². The molecule has 0 radical (unpaired) electrons. The van der Waals surface area contributed by atoms with Gasteiger partial charge in [-0.1, -0.05) is 0 Å². The number of ether oxygens (including phenoxy) is 1. The Hall–Kier alpha value is -0.500. The Morgan fingerprint density at radius 3 is 2.92 bits per heavy atom. The summed E-state index contributed by atoms with van der Waals surface area (Å²) in [6.45, 7) is 0.907. The Morgan fingerprint density at radius 2 is 2.42 bits per heavy atom. The third kappa shape index (κ3) is 1.63. The fourth-order valence-electron chi connectivity index (χ4n) is 1.97. The van der Waals surface area contributed by atoms with Crippen LogP contribution in [0.15, 0.2) is 11.8 Å². The van der Waals surface area contributed by atoms with E-state index in [1.807, 2.05) is 6.26 Å². The van der Waals surface area contributed by atoms with Crippen molar-refractivity contribution in [1.82, 2.24) is 5.32 Å². The van der Waals surface area contributed by atoms with Crippen molar-refractivity contribution >= 4 is 0 Å². The van der Waals surface area contributed by atoms with Crippen LogP contribution in [0, 0.1) is 5.92 Å². The van der Waals surface area contributed by atoms with Gasteiger partial charge in [-0.15, -0.1) is 0 Å². The number of likely N-dealkylation sites (N-methyl/N-ethyl adjacent to an activating group) is 1. The van der Waals surface area contributed by atoms with E-state index in [0.29, 0.717) is 6.04 Å². The van der Waals surface area contributed by atoms with Gasteiger partial charge in [0, 0.05) is 6.04 Å². The molecule has 0 spiro atoms. The monoisotopic (exact) mass is 167 g/mol. The molecule has 68 valence electrons. The van der Waals surface area contributed by atoms with Crippen LogP contribution in [0.25, 0.3) is 0 Å². The molecule has 1 N–H and O–H groups in total. The average Bonchev–Trinajstić information content (AvgIpc) is 2.92. The summed E-state index contributed by atoms with van der Waals surface area (Å²) in [6.07, 6.45) is 7.17. The quantitative estimate of drug-likeness (QED) is 0.690. The smallest absolute Gasteiger partial charge is 0.0876 e. The Kier molecular flexibility index (Phi) is 2.35. The SMILES string of the molecule is CNC(C1=COCCC1)C1CC1. The van der Waals surface area contributed by atoms with Crippen LogP contribution in [-0.4, -0.2) is 19.7 Å². The molecule has 2 aliphatic rings. The fourth-order valence-corrected chi connectivity index (χ4v) is 1.97. The molecule has 2 heteroatoms. The highest BCUT2D eigenvalue weighted by Crippen LogP contribution is 2.37. The minimum Gasteiger partial charge on any atom is -0.501 e. The van der Waals surface area contributed by atoms with Crippen LogP contribution in [0.2, 0.25) is 0 Å². The molecule has 1 aliphatic carbocycles. The van der Waals surface area contributed by atoms with Gasteiger partial charge in [0.05, 0.1) is 12.9 Å². The van der Waals surface area contributed by atoms with Crippen LogP contribution < -0.4 is 5.32 Å². The van der Waals surface area contributed by atoms with Gasteiger partial charge in [-0.3, -0.25) is 0 Å². The van der Waals surface area contributed by atoms with Gasteiger partial charge in [-0.25, -0.2) is 0 Å². The lowest BCUT2D eigenvalue weighted by molar-refractivity contribution is 0.218. The van der Waals surface area contributed by atoms with Crippen molar-refractivity contribution < 1.29 is 4.74 Å². The van der Waals surface area contributed by atoms with E-state index in [1.165, 1.54) is 31.3 Å². The standard InChI is InChI=1S/C10H17NO/c1-11-10(8-4-5-8)9-3-2-6-12-7-9/h7-8,10-11H,2-6H2,1H3. The summed E-state index contributed by atoms with van der Waals surface area (Å²) in [5.41, 5.74) is 1.48. The molecule has 0 aromatic carbocycles. The highest BCUT2D eigenvalue weighted by molar-refractivity contribution is 5.14. The summed E-state index contributed by atoms with van der Waals surface area (Å²) in [7, 11) is 2.05. The van der Waals surface area contributed by atoms with E-state index in [4.69, 9.17) is 4.74 Å². The van der Waals surface area contributed by atoms with Crippen LogP contribution in [0.3, 0.4) is 0 Å². The zero-order valence-electron chi connectivity index (χ0n) is 7.68. The van der Waals surface area contributed by atoms with E-state index in [2.05, 4.69) is 12.4 Å². The first-order valence-corrected chi connectivity index (χ1v) is 4.89. The largest absolute Gasteiger partial charge is 0.501 e. The Balaban J connectivity index is 1.98. The van der Waals surface area contributed by atoms with Gasteiger partial charge in [-0.05, 0) is 44.2 Å². The third-order valence-corrected chi connectivity index (χ3v) is 2.77. The average molecular weight is 167 g/mol. The van der Waals surface area contributed by atoms with Crippen molar-refractivity contribution in [3.63, 3.8) is 0 Å². The van der Waals surface area contributed by atoms with Crippen molar-refractivity contribution in [2.45, 2.75) is 31.7 Å². The molecular weight excluding hydrogens is 150 g/mol. The summed E-state index contributed by atoms with van der Waals surface area (Å²) in [4.78, 5) is 0. The van der Waals surface area contributed by atoms with Crippen molar-refractivity contribution in [3.05, 3.63) is 11.8 Å². The first-order valence-electron chi connectivity index (χ1n) is 4.89. The topological polar surface area (TPSA) is 21.3 Å². The maximum Gasteiger partial charge on any atom is 0.0876 e. The third-order valence-electron chi connectivity index (χ3n) is 2.77. The van der Waals surface area contributed by atoms with Crippen molar-refractivity contribution in [3.8, 4) is 0 Å². The van der Waals surface area contributed by atoms with Gasteiger partial charge < -0.3 is 10.1 Å². The molecule has 1 aliphatic heterocycles. The molecule has 1 saturated carbocycles. The molecule has 0 aromatic rings. The fraction of sp³-hybridized carbons (Fsp3) is 0.800. The van der Waals surface area contributed by atoms with E-state index >= 15 is 0 Å². The van der Waals surface area contributed by atoms with Gasteiger partial charge in [0.25, 0.3) is 0 Å². The van der Waals surface area contributed by atoms with Gasteiger partial charge >= 0.3 is 0 Å². The predicted octanol–water partition coefficient (Wildman–Crippen LogP) is 1.68. The minimum atomic E-state index is 0.602. The number of nitrogens with one attached hydrogen (secondary N) is 1. The normalized spacial score (nSPS) is 25.9. The summed E-state index contributed by atoms with van der Waals surface area (Å²) >= 11 is 0. The second-order valence-electron chi connectivity index (χ2n) is 3.77. The molecule has 2 rings (SSSR count). The van der Waals surface area contributed by atoms with Crippen LogP contribution >= 0.6 is 0 Å². The molecule has 0 aromatic heterocycles. The Morgan fingerprint density at radius 1 is 1.58 bits per heavy atom. The highest BCUT2D eigenvalue weighted by Gasteiger charge is 2.32. The van der Waals surface area contributed by atoms with E-state index in [0.717, 1.165) is 12.5 Å². The molecular formula is C10H17NO. The zero-order chi connectivity index (χ0) is 8.39. The second kappa shape index (κ2) is 3.48. The molecule has 1 unspecified atom stereocenters. The van der Waals surface area contributed by atoms with Crippen LogP contribution in [0.5, 0.6) is 0 Å². The molecule has 1 heterocycles. The zero-order valence-corrected chi connectivity index (χ0v) is 7.68.